The molecule has 0 aliphatic carbocycles. The zero-order valence-electron chi connectivity index (χ0n) is 13.3. The molecule has 1 aromatic rings. The van der Waals surface area contributed by atoms with Crippen LogP contribution in [0.5, 0.6) is 0 Å². The van der Waals surface area contributed by atoms with Crippen LogP contribution in [0.1, 0.15) is 50.5 Å². The van der Waals surface area contributed by atoms with Gasteiger partial charge in [-0.25, -0.2) is 0 Å². The Morgan fingerprint density at radius 3 is 2.82 bits per heavy atom. The molecule has 0 saturated carbocycles. The first-order valence-electron chi connectivity index (χ1n) is 8.26. The van der Waals surface area contributed by atoms with Crippen molar-refractivity contribution in [2.45, 2.75) is 57.2 Å². The van der Waals surface area contributed by atoms with Crippen molar-refractivity contribution in [3.63, 3.8) is 0 Å². The van der Waals surface area contributed by atoms with E-state index in [0.29, 0.717) is 19.4 Å². The molecule has 3 unspecified atom stereocenters. The highest BCUT2D eigenvalue weighted by Gasteiger charge is 2.18. The molecular formula is C18H27NO3. The molecule has 0 bridgehead atoms. The van der Waals surface area contributed by atoms with Crippen molar-refractivity contribution in [3.05, 3.63) is 35.9 Å². The molecule has 4 heteroatoms. The lowest BCUT2D eigenvalue weighted by Gasteiger charge is -2.20. The Balaban J connectivity index is 1.78. The van der Waals surface area contributed by atoms with Crippen LogP contribution in [0.2, 0.25) is 0 Å². The fraction of sp³-hybridized carbons (Fsp3) is 0.611. The third-order valence-electron chi connectivity index (χ3n) is 4.16. The molecule has 1 aliphatic heterocycles. The summed E-state index contributed by atoms with van der Waals surface area (Å²) in [6.45, 7) is 3.19. The number of carbonyl (C=O) groups is 1. The maximum absolute atomic E-state index is 12.0. The summed E-state index contributed by atoms with van der Waals surface area (Å²) in [7, 11) is 0. The van der Waals surface area contributed by atoms with Crippen molar-refractivity contribution in [2.24, 2.45) is 0 Å². The normalized spacial score (nSPS) is 20.5. The average Bonchev–Trinajstić information content (AvgIpc) is 3.03. The highest BCUT2D eigenvalue weighted by atomic mass is 16.5. The number of ether oxygens (including phenoxy) is 1. The van der Waals surface area contributed by atoms with Gasteiger partial charge in [-0.3, -0.25) is 4.79 Å². The van der Waals surface area contributed by atoms with Crippen LogP contribution in [0.3, 0.4) is 0 Å². The van der Waals surface area contributed by atoms with E-state index >= 15 is 0 Å². The molecule has 2 rings (SSSR count). The number of benzene rings is 1. The molecule has 122 valence electrons. The van der Waals surface area contributed by atoms with Crippen molar-refractivity contribution in [1.29, 1.82) is 0 Å². The Morgan fingerprint density at radius 2 is 2.18 bits per heavy atom. The smallest absolute Gasteiger partial charge is 0.220 e. The largest absolute Gasteiger partial charge is 0.393 e. The van der Waals surface area contributed by atoms with Gasteiger partial charge in [0.15, 0.2) is 0 Å². The van der Waals surface area contributed by atoms with E-state index in [1.807, 2.05) is 30.3 Å². The molecule has 2 N–H and O–H groups in total. The minimum atomic E-state index is -0.381. The summed E-state index contributed by atoms with van der Waals surface area (Å²) in [4.78, 5) is 12.0. The summed E-state index contributed by atoms with van der Waals surface area (Å²) in [5, 5.41) is 12.7. The third kappa shape index (κ3) is 5.78. The number of carbonyl (C=O) groups excluding carboxylic acids is 1. The van der Waals surface area contributed by atoms with Crippen molar-refractivity contribution in [3.8, 4) is 0 Å². The van der Waals surface area contributed by atoms with Crippen molar-refractivity contribution < 1.29 is 14.6 Å². The Hall–Kier alpha value is -1.39. The number of rotatable bonds is 8. The van der Waals surface area contributed by atoms with Crippen LogP contribution >= 0.6 is 0 Å². The zero-order chi connectivity index (χ0) is 15.8. The first-order valence-corrected chi connectivity index (χ1v) is 8.26. The first-order chi connectivity index (χ1) is 10.6. The molecule has 1 fully saturated rings. The molecule has 1 amide bonds. The van der Waals surface area contributed by atoms with Gasteiger partial charge in [-0.2, -0.15) is 0 Å². The van der Waals surface area contributed by atoms with E-state index in [4.69, 9.17) is 4.74 Å². The first kappa shape index (κ1) is 17.0. The Labute approximate surface area is 132 Å². The number of amides is 1. The molecule has 1 heterocycles. The number of hydrogen-bond donors (Lipinski definition) is 2. The number of hydrogen-bond acceptors (Lipinski definition) is 3. The van der Waals surface area contributed by atoms with Crippen molar-refractivity contribution in [2.75, 3.05) is 13.2 Å². The lowest BCUT2D eigenvalue weighted by molar-refractivity contribution is -0.121. The van der Waals surface area contributed by atoms with Gasteiger partial charge in [0.05, 0.1) is 12.2 Å². The van der Waals surface area contributed by atoms with Crippen molar-refractivity contribution in [1.82, 2.24) is 5.32 Å². The second-order valence-corrected chi connectivity index (χ2v) is 6.17. The van der Waals surface area contributed by atoms with Crippen LogP contribution in [0.25, 0.3) is 0 Å². The molecule has 0 spiro atoms. The van der Waals surface area contributed by atoms with Crippen LogP contribution in [-0.2, 0) is 9.53 Å². The van der Waals surface area contributed by atoms with E-state index in [1.54, 1.807) is 6.92 Å². The van der Waals surface area contributed by atoms with Crippen LogP contribution in [0, 0.1) is 0 Å². The van der Waals surface area contributed by atoms with Gasteiger partial charge in [-0.05, 0) is 38.2 Å². The van der Waals surface area contributed by atoms with Crippen molar-refractivity contribution >= 4 is 5.91 Å². The summed E-state index contributed by atoms with van der Waals surface area (Å²) in [5.41, 5.74) is 1.16. The number of nitrogens with one attached hydrogen (secondary N) is 1. The van der Waals surface area contributed by atoms with E-state index in [1.165, 1.54) is 0 Å². The quantitative estimate of drug-likeness (QED) is 0.776. The zero-order valence-corrected chi connectivity index (χ0v) is 13.3. The SMILES string of the molecule is CC(O)CC(CNC(=O)CCC1CCCO1)c1ccccc1. The fourth-order valence-corrected chi connectivity index (χ4v) is 2.96. The van der Waals surface area contributed by atoms with Gasteiger partial charge >= 0.3 is 0 Å². The summed E-state index contributed by atoms with van der Waals surface area (Å²) < 4.78 is 5.54. The molecule has 3 atom stereocenters. The van der Waals surface area contributed by atoms with Gasteiger partial charge in [0.2, 0.25) is 5.91 Å². The van der Waals surface area contributed by atoms with Crippen LogP contribution < -0.4 is 5.32 Å². The highest BCUT2D eigenvalue weighted by Crippen LogP contribution is 2.21. The van der Waals surface area contributed by atoms with E-state index in [0.717, 1.165) is 31.4 Å². The Morgan fingerprint density at radius 1 is 1.41 bits per heavy atom. The predicted molar refractivity (Wildman–Crippen MR) is 86.7 cm³/mol. The average molecular weight is 305 g/mol. The second-order valence-electron chi connectivity index (χ2n) is 6.17. The van der Waals surface area contributed by atoms with Gasteiger partial charge in [-0.1, -0.05) is 30.3 Å². The van der Waals surface area contributed by atoms with E-state index in [-0.39, 0.29) is 24.0 Å². The standard InChI is InChI=1S/C18H27NO3/c1-14(20)12-16(15-6-3-2-4-7-15)13-19-18(21)10-9-17-8-5-11-22-17/h2-4,6-7,14,16-17,20H,5,8-13H2,1H3,(H,19,21). The molecule has 1 saturated heterocycles. The monoisotopic (exact) mass is 305 g/mol. The van der Waals surface area contributed by atoms with E-state index in [9.17, 15) is 9.90 Å². The fourth-order valence-electron chi connectivity index (χ4n) is 2.96. The van der Waals surface area contributed by atoms with Gasteiger partial charge in [0, 0.05) is 25.5 Å². The lowest BCUT2D eigenvalue weighted by Crippen LogP contribution is -2.30. The minimum Gasteiger partial charge on any atom is -0.393 e. The molecule has 0 radical (unpaired) electrons. The topological polar surface area (TPSA) is 58.6 Å². The molecule has 4 nitrogen and oxygen atoms in total. The maximum atomic E-state index is 12.0. The summed E-state index contributed by atoms with van der Waals surface area (Å²) >= 11 is 0. The second kappa shape index (κ2) is 8.91. The molecule has 22 heavy (non-hydrogen) atoms. The van der Waals surface area contributed by atoms with Gasteiger partial charge in [0.25, 0.3) is 0 Å². The molecule has 1 aliphatic rings. The van der Waals surface area contributed by atoms with Crippen LogP contribution in [-0.4, -0.2) is 36.4 Å². The van der Waals surface area contributed by atoms with Crippen LogP contribution in [0.4, 0.5) is 0 Å². The lowest BCUT2D eigenvalue weighted by atomic mass is 9.93. The number of aliphatic hydroxyl groups excluding tert-OH is 1. The molecule has 0 aromatic heterocycles. The molecule has 1 aromatic carbocycles. The summed E-state index contributed by atoms with van der Waals surface area (Å²) in [6.07, 6.45) is 4.02. The molecular weight excluding hydrogens is 278 g/mol. The third-order valence-corrected chi connectivity index (χ3v) is 4.16. The Kier molecular flexibility index (Phi) is 6.87. The van der Waals surface area contributed by atoms with Gasteiger partial charge in [-0.15, -0.1) is 0 Å². The number of aliphatic hydroxyl groups is 1. The summed E-state index contributed by atoms with van der Waals surface area (Å²) in [6, 6.07) is 10.0. The van der Waals surface area contributed by atoms with E-state index < -0.39 is 0 Å². The van der Waals surface area contributed by atoms with Crippen LogP contribution in [0.15, 0.2) is 30.3 Å². The van der Waals surface area contributed by atoms with Gasteiger partial charge in [0.1, 0.15) is 0 Å². The summed E-state index contributed by atoms with van der Waals surface area (Å²) in [5.74, 6) is 0.218. The minimum absolute atomic E-state index is 0.0713. The predicted octanol–water partition coefficient (Wildman–Crippen LogP) is 2.62. The maximum Gasteiger partial charge on any atom is 0.220 e. The van der Waals surface area contributed by atoms with Gasteiger partial charge < -0.3 is 15.2 Å². The highest BCUT2D eigenvalue weighted by molar-refractivity contribution is 5.75. The Bertz CT molecular complexity index is 441. The van der Waals surface area contributed by atoms with E-state index in [2.05, 4.69) is 5.32 Å².